The van der Waals surface area contributed by atoms with Crippen LogP contribution in [0, 0.1) is 0 Å². The van der Waals surface area contributed by atoms with E-state index in [0.29, 0.717) is 0 Å². The molecule has 0 amide bonds. The van der Waals surface area contributed by atoms with Gasteiger partial charge in [0.15, 0.2) is 0 Å². The van der Waals surface area contributed by atoms with Crippen molar-refractivity contribution in [2.24, 2.45) is 0 Å². The Balaban J connectivity index is 2.02. The molecule has 0 saturated carbocycles. The maximum absolute atomic E-state index is 6.32. The van der Waals surface area contributed by atoms with Gasteiger partial charge in [-0.25, -0.2) is 0 Å². The lowest BCUT2D eigenvalue weighted by atomic mass is 10.2. The summed E-state index contributed by atoms with van der Waals surface area (Å²) in [5.74, 6) is 0. The molecule has 0 aliphatic rings. The van der Waals surface area contributed by atoms with E-state index < -0.39 is 0 Å². The van der Waals surface area contributed by atoms with Crippen molar-refractivity contribution in [2.75, 3.05) is 11.5 Å². The van der Waals surface area contributed by atoms with Crippen molar-refractivity contribution in [3.63, 3.8) is 0 Å². The van der Waals surface area contributed by atoms with Crippen LogP contribution in [0.2, 0.25) is 0 Å². The van der Waals surface area contributed by atoms with Crippen molar-refractivity contribution in [3.8, 4) is 9.75 Å². The highest BCUT2D eigenvalue weighted by molar-refractivity contribution is 7.29. The Morgan fingerprint density at radius 2 is 1.70 bits per heavy atom. The third-order valence-corrected chi connectivity index (χ3v) is 6.00. The number of thiophene rings is 2. The van der Waals surface area contributed by atoms with E-state index in [2.05, 4.69) is 30.3 Å². The Morgan fingerprint density at radius 1 is 0.850 bits per heavy atom. The van der Waals surface area contributed by atoms with Crippen molar-refractivity contribution in [1.29, 1.82) is 0 Å². The highest BCUT2D eigenvalue weighted by Gasteiger charge is 2.14. The topological polar surface area (TPSA) is 52.0 Å². The highest BCUT2D eigenvalue weighted by Crippen LogP contribution is 2.46. The average molecular weight is 296 g/mol. The summed E-state index contributed by atoms with van der Waals surface area (Å²) >= 11 is 3.45. The molecule has 0 saturated heterocycles. The molecule has 2 heterocycles. The molecule has 0 radical (unpaired) electrons. The maximum atomic E-state index is 6.32. The van der Waals surface area contributed by atoms with Gasteiger partial charge < -0.3 is 11.5 Å². The van der Waals surface area contributed by atoms with Crippen molar-refractivity contribution in [1.82, 2.24) is 0 Å². The van der Waals surface area contributed by atoms with Crippen LogP contribution in [0.25, 0.3) is 29.9 Å². The monoisotopic (exact) mass is 296 g/mol. The number of fused-ring (bicyclic) bond motifs is 2. The molecule has 0 unspecified atom stereocenters. The van der Waals surface area contributed by atoms with E-state index in [4.69, 9.17) is 11.5 Å². The van der Waals surface area contributed by atoms with Crippen LogP contribution in [0.5, 0.6) is 0 Å². The minimum absolute atomic E-state index is 0.798. The molecule has 2 nitrogen and oxygen atoms in total. The number of benzene rings is 2. The minimum Gasteiger partial charge on any atom is -0.398 e. The van der Waals surface area contributed by atoms with E-state index >= 15 is 0 Å². The van der Waals surface area contributed by atoms with Gasteiger partial charge in [0.25, 0.3) is 0 Å². The Kier molecular flexibility index (Phi) is 2.49. The Bertz CT molecular complexity index is 901. The molecule has 0 aliphatic carbocycles. The van der Waals surface area contributed by atoms with Gasteiger partial charge in [-0.05, 0) is 23.6 Å². The van der Waals surface area contributed by atoms with Crippen LogP contribution in [-0.4, -0.2) is 0 Å². The van der Waals surface area contributed by atoms with Crippen LogP contribution < -0.4 is 11.5 Å². The summed E-state index contributed by atoms with van der Waals surface area (Å²) in [7, 11) is 0. The number of anilines is 2. The van der Waals surface area contributed by atoms with Crippen molar-refractivity contribution >= 4 is 54.2 Å². The van der Waals surface area contributed by atoms with E-state index in [0.717, 1.165) is 26.3 Å². The first-order valence-electron chi connectivity index (χ1n) is 6.29. The lowest BCUT2D eigenvalue weighted by Gasteiger charge is -1.95. The molecule has 2 aromatic carbocycles. The van der Waals surface area contributed by atoms with Crippen molar-refractivity contribution in [3.05, 3.63) is 48.5 Å². The predicted molar refractivity (Wildman–Crippen MR) is 91.5 cm³/mol. The van der Waals surface area contributed by atoms with E-state index in [1.54, 1.807) is 22.7 Å². The number of nitrogen functional groups attached to an aromatic ring is 2. The number of rotatable bonds is 1. The first kappa shape index (κ1) is 11.8. The summed E-state index contributed by atoms with van der Waals surface area (Å²) in [6, 6.07) is 16.5. The fourth-order valence-corrected chi connectivity index (χ4v) is 4.76. The molecule has 0 spiro atoms. The van der Waals surface area contributed by atoms with E-state index in [-0.39, 0.29) is 0 Å². The van der Waals surface area contributed by atoms with Crippen LogP contribution in [0.4, 0.5) is 11.4 Å². The number of hydrogen-bond donors (Lipinski definition) is 2. The molecule has 98 valence electrons. The fourth-order valence-electron chi connectivity index (χ4n) is 2.44. The quantitative estimate of drug-likeness (QED) is 0.488. The second-order valence-electron chi connectivity index (χ2n) is 4.72. The molecular weight excluding hydrogens is 284 g/mol. The largest absolute Gasteiger partial charge is 0.398 e. The van der Waals surface area contributed by atoms with Gasteiger partial charge in [0.2, 0.25) is 0 Å². The lowest BCUT2D eigenvalue weighted by molar-refractivity contribution is 1.80. The van der Waals surface area contributed by atoms with E-state index in [1.165, 1.54) is 15.0 Å². The van der Waals surface area contributed by atoms with E-state index in [9.17, 15) is 0 Å². The average Bonchev–Trinajstić information content (AvgIpc) is 3.01. The third-order valence-electron chi connectivity index (χ3n) is 3.43. The lowest BCUT2D eigenvalue weighted by Crippen LogP contribution is -1.85. The van der Waals surface area contributed by atoms with Crippen molar-refractivity contribution < 1.29 is 0 Å². The summed E-state index contributed by atoms with van der Waals surface area (Å²) in [6.45, 7) is 0. The summed E-state index contributed by atoms with van der Waals surface area (Å²) in [4.78, 5) is 2.34. The van der Waals surface area contributed by atoms with Gasteiger partial charge in [-0.2, -0.15) is 0 Å². The molecular formula is C16H12N2S2. The normalized spacial score (nSPS) is 11.4. The molecule has 4 aromatic rings. The first-order chi connectivity index (χ1) is 9.74. The van der Waals surface area contributed by atoms with Crippen LogP contribution in [0.15, 0.2) is 48.5 Å². The predicted octanol–water partition coefficient (Wildman–Crippen LogP) is 4.95. The molecule has 4 rings (SSSR count). The first-order valence-corrected chi connectivity index (χ1v) is 7.93. The molecule has 0 atom stereocenters. The van der Waals surface area contributed by atoms with Crippen LogP contribution in [0.1, 0.15) is 0 Å². The second kappa shape index (κ2) is 4.23. The Labute approximate surface area is 124 Å². The van der Waals surface area contributed by atoms with Gasteiger partial charge in [0, 0.05) is 20.7 Å². The third kappa shape index (κ3) is 1.62. The highest BCUT2D eigenvalue weighted by atomic mass is 32.1. The Hall–Kier alpha value is -2.04. The van der Waals surface area contributed by atoms with Gasteiger partial charge in [0.05, 0.1) is 15.3 Å². The molecule has 0 fully saturated rings. The zero-order valence-corrected chi connectivity index (χ0v) is 12.2. The fraction of sp³-hybridized carbons (Fsp3) is 0. The molecule has 4 N–H and O–H groups in total. The maximum Gasteiger partial charge on any atom is 0.0686 e. The van der Waals surface area contributed by atoms with Gasteiger partial charge >= 0.3 is 0 Å². The summed E-state index contributed by atoms with van der Waals surface area (Å²) < 4.78 is 2.37. The van der Waals surface area contributed by atoms with Gasteiger partial charge in [-0.1, -0.05) is 30.3 Å². The minimum atomic E-state index is 0.798. The zero-order chi connectivity index (χ0) is 13.7. The molecule has 2 aromatic heterocycles. The number of nitrogens with two attached hydrogens (primary N) is 2. The van der Waals surface area contributed by atoms with Crippen LogP contribution in [-0.2, 0) is 0 Å². The zero-order valence-electron chi connectivity index (χ0n) is 10.6. The van der Waals surface area contributed by atoms with Crippen molar-refractivity contribution in [2.45, 2.75) is 0 Å². The standard InChI is InChI=1S/C16H12N2S2/c17-11-6-3-5-10-14(18)16(20-15(10)11)13-8-9-4-1-2-7-12(9)19-13/h1-8H,17-18H2. The summed E-state index contributed by atoms with van der Waals surface area (Å²) in [5, 5.41) is 2.32. The van der Waals surface area contributed by atoms with Crippen LogP contribution >= 0.6 is 22.7 Å². The molecule has 0 bridgehead atoms. The smallest absolute Gasteiger partial charge is 0.0686 e. The van der Waals surface area contributed by atoms with E-state index in [1.807, 2.05) is 18.2 Å². The molecule has 20 heavy (non-hydrogen) atoms. The van der Waals surface area contributed by atoms with Gasteiger partial charge in [-0.15, -0.1) is 22.7 Å². The summed E-state index contributed by atoms with van der Waals surface area (Å²) in [5.41, 5.74) is 14.0. The van der Waals surface area contributed by atoms with Crippen LogP contribution in [0.3, 0.4) is 0 Å². The second-order valence-corrected chi connectivity index (χ2v) is 6.82. The molecule has 0 aliphatic heterocycles. The summed E-state index contributed by atoms with van der Waals surface area (Å²) in [6.07, 6.45) is 0. The molecule has 4 heteroatoms. The van der Waals surface area contributed by atoms with Gasteiger partial charge in [-0.3, -0.25) is 0 Å². The SMILES string of the molecule is Nc1c(-c2cc3ccccc3s2)sc2c(N)cccc12. The Morgan fingerprint density at radius 3 is 2.50 bits per heavy atom. The number of hydrogen-bond acceptors (Lipinski definition) is 4. The van der Waals surface area contributed by atoms with Gasteiger partial charge in [0.1, 0.15) is 0 Å².